The van der Waals surface area contributed by atoms with Crippen LogP contribution in [-0.2, 0) is 6.61 Å². The van der Waals surface area contributed by atoms with E-state index in [-0.39, 0.29) is 5.78 Å². The highest BCUT2D eigenvalue weighted by molar-refractivity contribution is 6.13. The first-order chi connectivity index (χ1) is 9.20. The van der Waals surface area contributed by atoms with Crippen molar-refractivity contribution in [3.8, 4) is 11.5 Å². The Morgan fingerprint density at radius 3 is 2.84 bits per heavy atom. The summed E-state index contributed by atoms with van der Waals surface area (Å²) in [5, 5.41) is 0. The monoisotopic (exact) mass is 254 g/mol. The molecule has 1 heterocycles. The molecule has 0 N–H and O–H groups in total. The largest absolute Gasteiger partial charge is 0.497 e. The number of aryl methyl sites for hydroxylation is 1. The molecule has 0 saturated heterocycles. The number of ether oxygens (including phenoxy) is 2. The molecule has 1 aliphatic rings. The standard InChI is InChI=1S/C16H14O3/c1-10-4-3-5-11-9-19-14-7-6-12(18-2)8-13(14)16(17)15(10)11/h3-8H,9H2,1-2H3. The van der Waals surface area contributed by atoms with Gasteiger partial charge in [-0.3, -0.25) is 4.79 Å². The minimum Gasteiger partial charge on any atom is -0.497 e. The lowest BCUT2D eigenvalue weighted by Gasteiger charge is -2.08. The van der Waals surface area contributed by atoms with E-state index in [1.165, 1.54) is 0 Å². The Hall–Kier alpha value is -2.29. The number of rotatable bonds is 1. The molecule has 19 heavy (non-hydrogen) atoms. The highest BCUT2D eigenvalue weighted by Gasteiger charge is 2.24. The molecule has 0 aromatic heterocycles. The molecule has 3 rings (SSSR count). The maximum absolute atomic E-state index is 12.7. The lowest BCUT2D eigenvalue weighted by Crippen LogP contribution is -2.05. The summed E-state index contributed by atoms with van der Waals surface area (Å²) >= 11 is 0. The first-order valence-corrected chi connectivity index (χ1v) is 6.14. The molecule has 96 valence electrons. The van der Waals surface area contributed by atoms with E-state index < -0.39 is 0 Å². The van der Waals surface area contributed by atoms with Gasteiger partial charge in [-0.1, -0.05) is 18.2 Å². The summed E-state index contributed by atoms with van der Waals surface area (Å²) in [7, 11) is 1.59. The molecule has 0 unspecified atom stereocenters. The Kier molecular flexibility index (Phi) is 2.75. The van der Waals surface area contributed by atoms with Gasteiger partial charge in [-0.2, -0.15) is 0 Å². The Morgan fingerprint density at radius 2 is 2.05 bits per heavy atom. The number of fused-ring (bicyclic) bond motifs is 2. The molecule has 3 heteroatoms. The van der Waals surface area contributed by atoms with Crippen LogP contribution in [0.15, 0.2) is 36.4 Å². The van der Waals surface area contributed by atoms with E-state index in [9.17, 15) is 4.79 Å². The van der Waals surface area contributed by atoms with E-state index >= 15 is 0 Å². The third kappa shape index (κ3) is 1.87. The number of benzene rings is 2. The molecule has 0 amide bonds. The van der Waals surface area contributed by atoms with E-state index in [0.29, 0.717) is 23.7 Å². The molecular formula is C16H14O3. The average Bonchev–Trinajstić information content (AvgIpc) is 2.57. The van der Waals surface area contributed by atoms with Crippen LogP contribution in [0.3, 0.4) is 0 Å². The molecule has 0 radical (unpaired) electrons. The minimum absolute atomic E-state index is 0.000463. The minimum atomic E-state index is -0.000463. The molecular weight excluding hydrogens is 240 g/mol. The molecule has 0 spiro atoms. The zero-order chi connectivity index (χ0) is 13.4. The number of hydrogen-bond donors (Lipinski definition) is 0. The number of carbonyl (C=O) groups excluding carboxylic acids is 1. The van der Waals surface area contributed by atoms with Crippen LogP contribution in [0.4, 0.5) is 0 Å². The van der Waals surface area contributed by atoms with Gasteiger partial charge in [0.25, 0.3) is 0 Å². The van der Waals surface area contributed by atoms with Crippen molar-refractivity contribution >= 4 is 5.78 Å². The van der Waals surface area contributed by atoms with Crippen LogP contribution < -0.4 is 9.47 Å². The van der Waals surface area contributed by atoms with Crippen LogP contribution in [0, 0.1) is 6.92 Å². The fourth-order valence-electron chi connectivity index (χ4n) is 2.40. The van der Waals surface area contributed by atoms with Crippen molar-refractivity contribution in [3.63, 3.8) is 0 Å². The van der Waals surface area contributed by atoms with Crippen molar-refractivity contribution in [2.45, 2.75) is 13.5 Å². The van der Waals surface area contributed by atoms with Crippen molar-refractivity contribution < 1.29 is 14.3 Å². The van der Waals surface area contributed by atoms with Crippen molar-refractivity contribution in [2.75, 3.05) is 7.11 Å². The maximum Gasteiger partial charge on any atom is 0.197 e. The lowest BCUT2D eigenvalue weighted by molar-refractivity contribution is 0.103. The van der Waals surface area contributed by atoms with Crippen LogP contribution in [-0.4, -0.2) is 12.9 Å². The fraction of sp³-hybridized carbons (Fsp3) is 0.188. The fourth-order valence-corrected chi connectivity index (χ4v) is 2.40. The van der Waals surface area contributed by atoms with Gasteiger partial charge < -0.3 is 9.47 Å². The topological polar surface area (TPSA) is 35.5 Å². The van der Waals surface area contributed by atoms with Crippen LogP contribution in [0.2, 0.25) is 0 Å². The molecule has 0 saturated carbocycles. The summed E-state index contributed by atoms with van der Waals surface area (Å²) in [5.41, 5.74) is 3.21. The molecule has 2 aromatic carbocycles. The Labute approximate surface area is 111 Å². The molecule has 0 fully saturated rings. The van der Waals surface area contributed by atoms with Gasteiger partial charge >= 0.3 is 0 Å². The maximum atomic E-state index is 12.7. The van der Waals surface area contributed by atoms with Gasteiger partial charge in [0, 0.05) is 11.1 Å². The van der Waals surface area contributed by atoms with Crippen molar-refractivity contribution in [1.29, 1.82) is 0 Å². The van der Waals surface area contributed by atoms with E-state index in [2.05, 4.69) is 0 Å². The zero-order valence-electron chi connectivity index (χ0n) is 10.9. The summed E-state index contributed by atoms with van der Waals surface area (Å²) < 4.78 is 10.9. The van der Waals surface area contributed by atoms with Gasteiger partial charge in [-0.05, 0) is 30.7 Å². The van der Waals surface area contributed by atoms with E-state index in [4.69, 9.17) is 9.47 Å². The van der Waals surface area contributed by atoms with Crippen LogP contribution in [0.5, 0.6) is 11.5 Å². The quantitative estimate of drug-likeness (QED) is 0.784. The molecule has 0 atom stereocenters. The molecule has 0 aliphatic carbocycles. The summed E-state index contributed by atoms with van der Waals surface area (Å²) in [5.74, 6) is 1.27. The van der Waals surface area contributed by atoms with Crippen LogP contribution in [0.25, 0.3) is 0 Å². The average molecular weight is 254 g/mol. The van der Waals surface area contributed by atoms with Gasteiger partial charge in [-0.15, -0.1) is 0 Å². The number of carbonyl (C=O) groups is 1. The summed E-state index contributed by atoms with van der Waals surface area (Å²) in [6, 6.07) is 11.1. The van der Waals surface area contributed by atoms with Crippen LogP contribution in [0.1, 0.15) is 27.0 Å². The van der Waals surface area contributed by atoms with Crippen LogP contribution >= 0.6 is 0 Å². The van der Waals surface area contributed by atoms with E-state index in [0.717, 1.165) is 16.7 Å². The number of hydrogen-bond acceptors (Lipinski definition) is 3. The predicted octanol–water partition coefficient (Wildman–Crippen LogP) is 3.13. The molecule has 0 bridgehead atoms. The van der Waals surface area contributed by atoms with Crippen molar-refractivity contribution in [3.05, 3.63) is 58.7 Å². The predicted molar refractivity (Wildman–Crippen MR) is 71.9 cm³/mol. The first kappa shape index (κ1) is 11.8. The lowest BCUT2D eigenvalue weighted by atomic mass is 9.95. The van der Waals surface area contributed by atoms with Gasteiger partial charge in [-0.25, -0.2) is 0 Å². The normalized spacial score (nSPS) is 13.1. The van der Waals surface area contributed by atoms with E-state index in [1.54, 1.807) is 25.3 Å². The van der Waals surface area contributed by atoms with Crippen molar-refractivity contribution in [2.24, 2.45) is 0 Å². The van der Waals surface area contributed by atoms with Gasteiger partial charge in [0.05, 0.1) is 12.7 Å². The summed E-state index contributed by atoms with van der Waals surface area (Å²) in [6.45, 7) is 2.37. The van der Waals surface area contributed by atoms with Gasteiger partial charge in [0.1, 0.15) is 18.1 Å². The third-order valence-electron chi connectivity index (χ3n) is 3.40. The summed E-state index contributed by atoms with van der Waals surface area (Å²) in [4.78, 5) is 12.7. The van der Waals surface area contributed by atoms with Crippen molar-refractivity contribution in [1.82, 2.24) is 0 Å². The second kappa shape index (κ2) is 4.43. The molecule has 1 aliphatic heterocycles. The highest BCUT2D eigenvalue weighted by Crippen LogP contribution is 2.32. The van der Waals surface area contributed by atoms with Gasteiger partial charge in [0.2, 0.25) is 0 Å². The Balaban J connectivity index is 2.21. The second-order valence-corrected chi connectivity index (χ2v) is 4.59. The third-order valence-corrected chi connectivity index (χ3v) is 3.40. The summed E-state index contributed by atoms with van der Waals surface area (Å²) in [6.07, 6.45) is 0. The SMILES string of the molecule is COc1ccc2c(c1)C(=O)c1c(C)cccc1CO2. The number of methoxy groups -OCH3 is 1. The molecule has 3 nitrogen and oxygen atoms in total. The highest BCUT2D eigenvalue weighted by atomic mass is 16.5. The molecule has 2 aromatic rings. The Bertz CT molecular complexity index is 659. The van der Waals surface area contributed by atoms with Gasteiger partial charge in [0.15, 0.2) is 5.78 Å². The number of ketones is 1. The Morgan fingerprint density at radius 1 is 1.21 bits per heavy atom. The smallest absolute Gasteiger partial charge is 0.197 e. The van der Waals surface area contributed by atoms with E-state index in [1.807, 2.05) is 25.1 Å². The second-order valence-electron chi connectivity index (χ2n) is 4.59. The first-order valence-electron chi connectivity index (χ1n) is 6.14. The zero-order valence-corrected chi connectivity index (χ0v) is 10.9.